The average Bonchev–Trinajstić information content (AvgIpc) is 2.65. The highest BCUT2D eigenvalue weighted by Gasteiger charge is 2.15. The zero-order valence-corrected chi connectivity index (χ0v) is 14.2. The molecule has 0 bridgehead atoms. The maximum atomic E-state index is 12.2. The molecule has 3 rings (SSSR count). The topological polar surface area (TPSA) is 97.6 Å². The number of fused-ring (bicyclic) bond motifs is 1. The van der Waals surface area contributed by atoms with Crippen LogP contribution in [0.2, 0.25) is 0 Å². The molecule has 1 heterocycles. The van der Waals surface area contributed by atoms with Gasteiger partial charge in [0.05, 0.1) is 7.11 Å². The number of ether oxygens (including phenoxy) is 1. The highest BCUT2D eigenvalue weighted by molar-refractivity contribution is 6.00. The van der Waals surface area contributed by atoms with Crippen LogP contribution in [0.1, 0.15) is 26.3 Å². The lowest BCUT2D eigenvalue weighted by Gasteiger charge is -2.08. The SMILES string of the molecule is COc1ccc2oc(=O)c(C(=O)NNC(=O)c3ccc(C)cc3)cc2c1. The van der Waals surface area contributed by atoms with Crippen LogP contribution in [0, 0.1) is 6.92 Å². The van der Waals surface area contributed by atoms with Crippen molar-refractivity contribution >= 4 is 22.8 Å². The summed E-state index contributed by atoms with van der Waals surface area (Å²) in [5.74, 6) is -0.709. The van der Waals surface area contributed by atoms with Crippen molar-refractivity contribution in [2.75, 3.05) is 7.11 Å². The molecular weight excluding hydrogens is 336 g/mol. The maximum Gasteiger partial charge on any atom is 0.349 e. The van der Waals surface area contributed by atoms with E-state index in [1.165, 1.54) is 13.2 Å². The van der Waals surface area contributed by atoms with E-state index in [9.17, 15) is 14.4 Å². The number of rotatable bonds is 3. The lowest BCUT2D eigenvalue weighted by molar-refractivity contribution is 0.0844. The number of benzene rings is 2. The molecule has 132 valence electrons. The Morgan fingerprint density at radius 1 is 0.962 bits per heavy atom. The molecule has 0 spiro atoms. The number of hydrogen-bond donors (Lipinski definition) is 2. The van der Waals surface area contributed by atoms with Crippen LogP contribution in [0.15, 0.2) is 57.7 Å². The van der Waals surface area contributed by atoms with Crippen molar-refractivity contribution in [1.29, 1.82) is 0 Å². The van der Waals surface area contributed by atoms with Crippen molar-refractivity contribution in [3.63, 3.8) is 0 Å². The molecule has 2 aromatic carbocycles. The Hall–Kier alpha value is -3.61. The lowest BCUT2D eigenvalue weighted by Crippen LogP contribution is -2.43. The highest BCUT2D eigenvalue weighted by atomic mass is 16.5. The smallest absolute Gasteiger partial charge is 0.349 e. The number of hydrogen-bond acceptors (Lipinski definition) is 5. The molecule has 1 aromatic heterocycles. The van der Waals surface area contributed by atoms with E-state index in [1.807, 2.05) is 6.92 Å². The molecule has 0 saturated carbocycles. The van der Waals surface area contributed by atoms with Crippen molar-refractivity contribution in [1.82, 2.24) is 10.9 Å². The van der Waals surface area contributed by atoms with E-state index in [-0.39, 0.29) is 5.56 Å². The fourth-order valence-corrected chi connectivity index (χ4v) is 2.34. The van der Waals surface area contributed by atoms with Crippen LogP contribution in [0.5, 0.6) is 5.75 Å². The van der Waals surface area contributed by atoms with Gasteiger partial charge in [0.2, 0.25) is 0 Å². The summed E-state index contributed by atoms with van der Waals surface area (Å²) in [7, 11) is 1.51. The molecule has 0 aliphatic heterocycles. The van der Waals surface area contributed by atoms with E-state index in [4.69, 9.17) is 9.15 Å². The Labute approximate surface area is 148 Å². The molecule has 2 N–H and O–H groups in total. The summed E-state index contributed by atoms with van der Waals surface area (Å²) < 4.78 is 10.2. The summed E-state index contributed by atoms with van der Waals surface area (Å²) >= 11 is 0. The Kier molecular flexibility index (Phi) is 4.70. The molecule has 0 fully saturated rings. The predicted octanol–water partition coefficient (Wildman–Crippen LogP) is 2.18. The van der Waals surface area contributed by atoms with Crippen LogP contribution in [-0.2, 0) is 0 Å². The first-order chi connectivity index (χ1) is 12.5. The quantitative estimate of drug-likeness (QED) is 0.556. The van der Waals surface area contributed by atoms with Crippen molar-refractivity contribution in [2.45, 2.75) is 6.92 Å². The zero-order chi connectivity index (χ0) is 18.7. The fraction of sp³-hybridized carbons (Fsp3) is 0.105. The first kappa shape index (κ1) is 17.2. The highest BCUT2D eigenvalue weighted by Crippen LogP contribution is 2.20. The van der Waals surface area contributed by atoms with Crippen LogP contribution in [-0.4, -0.2) is 18.9 Å². The standard InChI is InChI=1S/C19H16N2O5/c1-11-3-5-12(6-4-11)17(22)20-21-18(23)15-10-13-9-14(25-2)7-8-16(13)26-19(15)24/h3-10H,1-2H3,(H,20,22)(H,21,23). The van der Waals surface area contributed by atoms with E-state index in [0.29, 0.717) is 22.3 Å². The predicted molar refractivity (Wildman–Crippen MR) is 95.1 cm³/mol. The van der Waals surface area contributed by atoms with Gasteiger partial charge in [-0.15, -0.1) is 0 Å². The third-order valence-corrected chi connectivity index (χ3v) is 3.79. The number of nitrogens with one attached hydrogen (secondary N) is 2. The number of amides is 2. The van der Waals surface area contributed by atoms with Crippen LogP contribution >= 0.6 is 0 Å². The third kappa shape index (κ3) is 3.56. The van der Waals surface area contributed by atoms with Gasteiger partial charge >= 0.3 is 5.63 Å². The van der Waals surface area contributed by atoms with Gasteiger partial charge in [0, 0.05) is 10.9 Å². The molecule has 3 aromatic rings. The van der Waals surface area contributed by atoms with Crippen molar-refractivity contribution in [2.24, 2.45) is 0 Å². The summed E-state index contributed by atoms with van der Waals surface area (Å²) in [4.78, 5) is 36.3. The van der Waals surface area contributed by atoms with Crippen LogP contribution < -0.4 is 21.2 Å². The van der Waals surface area contributed by atoms with Gasteiger partial charge in [-0.05, 0) is 43.3 Å². The molecule has 7 heteroatoms. The Morgan fingerprint density at radius 2 is 1.65 bits per heavy atom. The Bertz CT molecular complexity index is 1040. The van der Waals surface area contributed by atoms with Gasteiger partial charge in [-0.25, -0.2) is 4.79 Å². The second-order valence-electron chi connectivity index (χ2n) is 5.63. The first-order valence-electron chi connectivity index (χ1n) is 7.77. The molecule has 26 heavy (non-hydrogen) atoms. The number of aryl methyl sites for hydroxylation is 1. The molecule has 0 atom stereocenters. The molecule has 0 radical (unpaired) electrons. The minimum Gasteiger partial charge on any atom is -0.497 e. The fourth-order valence-electron chi connectivity index (χ4n) is 2.34. The number of hydrazine groups is 1. The van der Waals surface area contributed by atoms with Gasteiger partial charge in [0.1, 0.15) is 16.9 Å². The van der Waals surface area contributed by atoms with Crippen LogP contribution in [0.4, 0.5) is 0 Å². The minimum atomic E-state index is -0.801. The summed E-state index contributed by atoms with van der Waals surface area (Å²) in [6.07, 6.45) is 0. The second kappa shape index (κ2) is 7.10. The summed E-state index contributed by atoms with van der Waals surface area (Å²) in [6, 6.07) is 13.1. The molecule has 7 nitrogen and oxygen atoms in total. The van der Waals surface area contributed by atoms with Crippen LogP contribution in [0.25, 0.3) is 11.0 Å². The van der Waals surface area contributed by atoms with Gasteiger partial charge in [0.25, 0.3) is 11.8 Å². The molecular formula is C19H16N2O5. The third-order valence-electron chi connectivity index (χ3n) is 3.79. The van der Waals surface area contributed by atoms with E-state index >= 15 is 0 Å². The largest absolute Gasteiger partial charge is 0.497 e. The summed E-state index contributed by atoms with van der Waals surface area (Å²) in [5, 5.41) is 0.527. The van der Waals surface area contributed by atoms with Crippen molar-refractivity contribution < 1.29 is 18.7 Å². The summed E-state index contributed by atoms with van der Waals surface area (Å²) in [5.41, 5.74) is 5.18. The molecule has 2 amide bonds. The minimum absolute atomic E-state index is 0.227. The van der Waals surface area contributed by atoms with Crippen LogP contribution in [0.3, 0.4) is 0 Å². The second-order valence-corrected chi connectivity index (χ2v) is 5.63. The Balaban J connectivity index is 1.78. The zero-order valence-electron chi connectivity index (χ0n) is 14.2. The molecule has 0 aliphatic carbocycles. The molecule has 0 saturated heterocycles. The molecule has 0 aliphatic rings. The lowest BCUT2D eigenvalue weighted by atomic mass is 10.1. The maximum absolute atomic E-state index is 12.2. The van der Waals surface area contributed by atoms with Gasteiger partial charge in [0.15, 0.2) is 0 Å². The summed E-state index contributed by atoms with van der Waals surface area (Å²) in [6.45, 7) is 1.90. The normalized spacial score (nSPS) is 10.4. The Morgan fingerprint density at radius 3 is 2.35 bits per heavy atom. The number of carbonyl (C=O) groups is 2. The van der Waals surface area contributed by atoms with Crippen molar-refractivity contribution in [3.8, 4) is 5.75 Å². The number of carbonyl (C=O) groups excluding carboxylic acids is 2. The molecule has 0 unspecified atom stereocenters. The monoisotopic (exact) mass is 352 g/mol. The van der Waals surface area contributed by atoms with E-state index in [1.54, 1.807) is 42.5 Å². The average molecular weight is 352 g/mol. The van der Waals surface area contributed by atoms with E-state index in [0.717, 1.165) is 5.56 Å². The van der Waals surface area contributed by atoms with Gasteiger partial charge in [-0.2, -0.15) is 0 Å². The van der Waals surface area contributed by atoms with Gasteiger partial charge < -0.3 is 9.15 Å². The van der Waals surface area contributed by atoms with Gasteiger partial charge in [-0.1, -0.05) is 17.7 Å². The van der Waals surface area contributed by atoms with Crippen molar-refractivity contribution in [3.05, 3.63) is 75.6 Å². The van der Waals surface area contributed by atoms with Gasteiger partial charge in [-0.3, -0.25) is 20.4 Å². The number of methoxy groups -OCH3 is 1. The van der Waals surface area contributed by atoms with E-state index in [2.05, 4.69) is 10.9 Å². The first-order valence-corrected chi connectivity index (χ1v) is 7.77. The van der Waals surface area contributed by atoms with E-state index < -0.39 is 17.4 Å².